The van der Waals surface area contributed by atoms with E-state index in [9.17, 15) is 15.0 Å². The van der Waals surface area contributed by atoms with Crippen LogP contribution in [0.5, 0.6) is 11.8 Å². The van der Waals surface area contributed by atoms with E-state index < -0.39 is 0 Å². The van der Waals surface area contributed by atoms with Gasteiger partial charge in [0.05, 0.1) is 17.4 Å². The number of allylic oxidation sites excluding steroid dienone is 2. The summed E-state index contributed by atoms with van der Waals surface area (Å²) in [5, 5.41) is 24.7. The Bertz CT molecular complexity index is 1190. The van der Waals surface area contributed by atoms with Gasteiger partial charge in [-0.2, -0.15) is 0 Å². The maximum atomic E-state index is 12.9. The maximum Gasteiger partial charge on any atom is 0.251 e. The fourth-order valence-corrected chi connectivity index (χ4v) is 5.44. The van der Waals surface area contributed by atoms with E-state index in [1.54, 1.807) is 30.5 Å². The topological polar surface area (TPSA) is 87.4 Å². The number of hydrogen-bond acceptors (Lipinski definition) is 4. The molecular formula is C25H23N3O3. The number of nitrogens with one attached hydrogen (secondary N) is 1. The molecule has 6 nitrogen and oxygen atoms in total. The summed E-state index contributed by atoms with van der Waals surface area (Å²) in [6.45, 7) is 0. The van der Waals surface area contributed by atoms with E-state index in [-0.39, 0.29) is 35.5 Å². The zero-order chi connectivity index (χ0) is 21.1. The molecule has 0 fully saturated rings. The van der Waals surface area contributed by atoms with E-state index in [4.69, 9.17) is 0 Å². The molecule has 3 aromatic rings. The minimum atomic E-state index is -0.152. The minimum Gasteiger partial charge on any atom is -0.494 e. The molecule has 3 atom stereocenters. The summed E-state index contributed by atoms with van der Waals surface area (Å²) in [5.74, 6) is 0.368. The highest BCUT2D eigenvalue weighted by molar-refractivity contribution is 5.94. The van der Waals surface area contributed by atoms with Gasteiger partial charge >= 0.3 is 0 Å². The maximum absolute atomic E-state index is 12.9. The van der Waals surface area contributed by atoms with Crippen molar-refractivity contribution in [1.82, 2.24) is 14.9 Å². The number of aromatic nitrogens is 2. The molecule has 6 heteroatoms. The summed E-state index contributed by atoms with van der Waals surface area (Å²) in [6, 6.07) is 10.9. The average Bonchev–Trinajstić information content (AvgIpc) is 3.48. The lowest BCUT2D eigenvalue weighted by Crippen LogP contribution is -2.31. The van der Waals surface area contributed by atoms with Gasteiger partial charge in [-0.05, 0) is 61.6 Å². The lowest BCUT2D eigenvalue weighted by molar-refractivity contribution is 0.0931. The first-order valence-corrected chi connectivity index (χ1v) is 10.8. The second-order valence-electron chi connectivity index (χ2n) is 8.66. The number of hydrogen-bond donors (Lipinski definition) is 3. The molecule has 31 heavy (non-hydrogen) atoms. The van der Waals surface area contributed by atoms with Crippen LogP contribution in [-0.2, 0) is 6.42 Å². The molecule has 0 aliphatic heterocycles. The summed E-state index contributed by atoms with van der Waals surface area (Å²) >= 11 is 0. The molecule has 0 radical (unpaired) electrons. The van der Waals surface area contributed by atoms with Crippen LogP contribution >= 0.6 is 0 Å². The summed E-state index contributed by atoms with van der Waals surface area (Å²) in [4.78, 5) is 17.3. The molecule has 2 aromatic heterocycles. The molecule has 0 saturated heterocycles. The van der Waals surface area contributed by atoms with Gasteiger partial charge in [-0.15, -0.1) is 0 Å². The Morgan fingerprint density at radius 2 is 1.74 bits per heavy atom. The van der Waals surface area contributed by atoms with Crippen LogP contribution in [0.15, 0.2) is 54.7 Å². The van der Waals surface area contributed by atoms with Gasteiger partial charge in [0.15, 0.2) is 0 Å². The van der Waals surface area contributed by atoms with Gasteiger partial charge < -0.3 is 15.5 Å². The van der Waals surface area contributed by atoms with Crippen molar-refractivity contribution in [1.29, 1.82) is 0 Å². The first-order chi connectivity index (χ1) is 15.1. The highest BCUT2D eigenvalue weighted by atomic mass is 16.3. The molecule has 156 valence electrons. The van der Waals surface area contributed by atoms with Crippen molar-refractivity contribution >= 4 is 5.91 Å². The number of nitrogens with zero attached hydrogens (tertiary/aromatic N) is 2. The van der Waals surface area contributed by atoms with Gasteiger partial charge in [-0.3, -0.25) is 14.3 Å². The van der Waals surface area contributed by atoms with Crippen molar-refractivity contribution in [3.05, 3.63) is 82.7 Å². The molecule has 2 heterocycles. The van der Waals surface area contributed by atoms with Crippen LogP contribution in [0, 0.1) is 0 Å². The number of rotatable bonds is 3. The molecule has 3 N–H and O–H groups in total. The van der Waals surface area contributed by atoms with Gasteiger partial charge in [0.25, 0.3) is 5.91 Å². The Hall–Kier alpha value is -3.54. The number of pyridine rings is 1. The first kappa shape index (κ1) is 18.2. The van der Waals surface area contributed by atoms with Gasteiger partial charge in [0, 0.05) is 34.7 Å². The third-order valence-electron chi connectivity index (χ3n) is 6.91. The third-order valence-corrected chi connectivity index (χ3v) is 6.91. The van der Waals surface area contributed by atoms with Crippen molar-refractivity contribution in [3.8, 4) is 17.4 Å². The number of aromatic hydroxyl groups is 2. The second-order valence-corrected chi connectivity index (χ2v) is 8.66. The van der Waals surface area contributed by atoms with Crippen molar-refractivity contribution in [2.75, 3.05) is 0 Å². The van der Waals surface area contributed by atoms with Gasteiger partial charge in [-0.25, -0.2) is 0 Å². The quantitative estimate of drug-likeness (QED) is 0.561. The van der Waals surface area contributed by atoms with Crippen LogP contribution in [0.2, 0.25) is 0 Å². The van der Waals surface area contributed by atoms with Crippen LogP contribution in [0.4, 0.5) is 0 Å². The molecule has 0 saturated carbocycles. The third kappa shape index (κ3) is 2.71. The van der Waals surface area contributed by atoms with E-state index in [0.717, 1.165) is 42.5 Å². The largest absolute Gasteiger partial charge is 0.494 e. The Kier molecular flexibility index (Phi) is 3.96. The number of carbonyl (C=O) groups is 1. The standard InChI is InChI=1S/C25H23N3O3/c29-23(27-19-5-1-3-14-4-2-12-26-22(14)19)15-8-10-18(11-9-15)28-24(30)20-16-6-7-17(13-16)21(20)25(28)31/h2,4,6-12,16-17,19,30-31H,1,3,5,13H2,(H,27,29)/t16-,17+,19?. The predicted molar refractivity (Wildman–Crippen MR) is 116 cm³/mol. The summed E-state index contributed by atoms with van der Waals surface area (Å²) in [5.41, 5.74) is 4.98. The minimum absolute atomic E-state index is 0.0828. The molecular weight excluding hydrogens is 390 g/mol. The predicted octanol–water partition coefficient (Wildman–Crippen LogP) is 4.23. The Labute approximate surface area is 179 Å². The Morgan fingerprint density at radius 3 is 2.45 bits per heavy atom. The normalized spacial score (nSPS) is 22.9. The summed E-state index contributed by atoms with van der Waals surface area (Å²) in [6.07, 6.45) is 9.79. The van der Waals surface area contributed by atoms with Gasteiger partial charge in [0.2, 0.25) is 11.8 Å². The molecule has 3 aliphatic carbocycles. The van der Waals surface area contributed by atoms with E-state index in [1.807, 2.05) is 6.07 Å². The number of amides is 1. The SMILES string of the molecule is O=C(NC1CCCc2cccnc21)c1ccc(-n2c(O)c3c(c2O)[C@H]2C=C[C@@H]3C2)cc1. The molecule has 2 bridgehead atoms. The smallest absolute Gasteiger partial charge is 0.251 e. The van der Waals surface area contributed by atoms with Crippen molar-refractivity contribution < 1.29 is 15.0 Å². The Morgan fingerprint density at radius 1 is 1.03 bits per heavy atom. The fourth-order valence-electron chi connectivity index (χ4n) is 5.44. The highest BCUT2D eigenvalue weighted by Crippen LogP contribution is 2.57. The Balaban J connectivity index is 1.25. The molecule has 1 aromatic carbocycles. The summed E-state index contributed by atoms with van der Waals surface area (Å²) in [7, 11) is 0. The van der Waals surface area contributed by atoms with Crippen molar-refractivity contribution in [3.63, 3.8) is 0 Å². The molecule has 3 aliphatic rings. The lowest BCUT2D eigenvalue weighted by atomic mass is 9.92. The highest BCUT2D eigenvalue weighted by Gasteiger charge is 2.41. The molecule has 0 spiro atoms. The van der Waals surface area contributed by atoms with E-state index in [0.29, 0.717) is 11.3 Å². The zero-order valence-corrected chi connectivity index (χ0v) is 17.0. The lowest BCUT2D eigenvalue weighted by Gasteiger charge is -2.25. The van der Waals surface area contributed by atoms with E-state index in [1.165, 1.54) is 10.1 Å². The number of benzene rings is 1. The number of carbonyl (C=O) groups excluding carboxylic acids is 1. The first-order valence-electron chi connectivity index (χ1n) is 10.8. The van der Waals surface area contributed by atoms with Gasteiger partial charge in [-0.1, -0.05) is 18.2 Å². The second kappa shape index (κ2) is 6.74. The number of aryl methyl sites for hydroxylation is 1. The van der Waals surface area contributed by atoms with Crippen LogP contribution < -0.4 is 5.32 Å². The fraction of sp³-hybridized carbons (Fsp3) is 0.280. The van der Waals surface area contributed by atoms with Gasteiger partial charge in [0.1, 0.15) is 0 Å². The van der Waals surface area contributed by atoms with E-state index >= 15 is 0 Å². The van der Waals surface area contributed by atoms with Crippen LogP contribution in [0.1, 0.15) is 69.9 Å². The molecule has 6 rings (SSSR count). The van der Waals surface area contributed by atoms with Crippen LogP contribution in [-0.4, -0.2) is 25.7 Å². The zero-order valence-electron chi connectivity index (χ0n) is 17.0. The van der Waals surface area contributed by atoms with Crippen molar-refractivity contribution in [2.24, 2.45) is 0 Å². The van der Waals surface area contributed by atoms with E-state index in [2.05, 4.69) is 28.5 Å². The van der Waals surface area contributed by atoms with Crippen LogP contribution in [0.3, 0.4) is 0 Å². The number of fused-ring (bicyclic) bond motifs is 6. The van der Waals surface area contributed by atoms with Crippen molar-refractivity contribution in [2.45, 2.75) is 43.6 Å². The van der Waals surface area contributed by atoms with Crippen LogP contribution in [0.25, 0.3) is 5.69 Å². The monoisotopic (exact) mass is 413 g/mol. The molecule has 1 unspecified atom stereocenters. The average molecular weight is 413 g/mol. The summed E-state index contributed by atoms with van der Waals surface area (Å²) < 4.78 is 1.47. The molecule has 1 amide bonds.